The summed E-state index contributed by atoms with van der Waals surface area (Å²) in [5, 5.41) is 7.27. The standard InChI is InChI=1S/C14H23N3S/c1-2-3-13-10-18-14(16-13)9-17-7-6-11-4-5-12(8-17)15-11/h10-12,15H,2-9H2,1H3. The minimum absolute atomic E-state index is 0.729. The van der Waals surface area contributed by atoms with Gasteiger partial charge in [0.15, 0.2) is 0 Å². The number of hydrogen-bond donors (Lipinski definition) is 1. The molecule has 3 rings (SSSR count). The number of aromatic nitrogens is 1. The molecule has 0 spiro atoms. The van der Waals surface area contributed by atoms with Gasteiger partial charge in [0, 0.05) is 30.6 Å². The third kappa shape index (κ3) is 2.92. The van der Waals surface area contributed by atoms with Crippen LogP contribution in [0.2, 0.25) is 0 Å². The predicted molar refractivity (Wildman–Crippen MR) is 75.9 cm³/mol. The van der Waals surface area contributed by atoms with Crippen LogP contribution in [0.5, 0.6) is 0 Å². The lowest BCUT2D eigenvalue weighted by atomic mass is 10.1. The fourth-order valence-electron chi connectivity index (χ4n) is 3.14. The zero-order valence-corrected chi connectivity index (χ0v) is 12.0. The lowest BCUT2D eigenvalue weighted by Crippen LogP contribution is -2.34. The zero-order valence-electron chi connectivity index (χ0n) is 11.2. The maximum atomic E-state index is 4.74. The van der Waals surface area contributed by atoms with Gasteiger partial charge in [0.25, 0.3) is 0 Å². The number of thiazole rings is 1. The van der Waals surface area contributed by atoms with E-state index < -0.39 is 0 Å². The third-order valence-electron chi connectivity index (χ3n) is 4.07. The smallest absolute Gasteiger partial charge is 0.107 e. The molecule has 3 nitrogen and oxygen atoms in total. The van der Waals surface area contributed by atoms with Gasteiger partial charge in [-0.1, -0.05) is 13.3 Å². The third-order valence-corrected chi connectivity index (χ3v) is 4.95. The van der Waals surface area contributed by atoms with E-state index in [1.54, 1.807) is 0 Å². The van der Waals surface area contributed by atoms with Crippen molar-refractivity contribution in [3.8, 4) is 0 Å². The number of aryl methyl sites for hydroxylation is 1. The Labute approximate surface area is 114 Å². The van der Waals surface area contributed by atoms with Crippen LogP contribution in [-0.4, -0.2) is 35.1 Å². The summed E-state index contributed by atoms with van der Waals surface area (Å²) in [4.78, 5) is 7.33. The minimum atomic E-state index is 0.729. The Balaban J connectivity index is 1.58. The summed E-state index contributed by atoms with van der Waals surface area (Å²) in [5.41, 5.74) is 1.28. The number of fused-ring (bicyclic) bond motifs is 2. The van der Waals surface area contributed by atoms with Crippen molar-refractivity contribution >= 4 is 11.3 Å². The Morgan fingerprint density at radius 1 is 1.39 bits per heavy atom. The first-order chi connectivity index (χ1) is 8.83. The molecule has 0 amide bonds. The van der Waals surface area contributed by atoms with E-state index in [4.69, 9.17) is 4.98 Å². The number of nitrogens with one attached hydrogen (secondary N) is 1. The summed E-state index contributed by atoms with van der Waals surface area (Å²) in [6.45, 7) is 5.71. The first-order valence-corrected chi connectivity index (χ1v) is 8.13. The molecule has 2 atom stereocenters. The van der Waals surface area contributed by atoms with Gasteiger partial charge in [0.1, 0.15) is 5.01 Å². The van der Waals surface area contributed by atoms with Gasteiger partial charge in [-0.2, -0.15) is 0 Å². The number of rotatable bonds is 4. The minimum Gasteiger partial charge on any atom is -0.310 e. The fraction of sp³-hybridized carbons (Fsp3) is 0.786. The lowest BCUT2D eigenvalue weighted by Gasteiger charge is -2.22. The Morgan fingerprint density at radius 3 is 3.17 bits per heavy atom. The van der Waals surface area contributed by atoms with Crippen molar-refractivity contribution in [1.29, 1.82) is 0 Å². The van der Waals surface area contributed by atoms with Crippen LogP contribution in [0.1, 0.15) is 43.3 Å². The molecule has 1 aromatic rings. The summed E-state index contributed by atoms with van der Waals surface area (Å²) in [7, 11) is 0. The van der Waals surface area contributed by atoms with Crippen molar-refractivity contribution in [1.82, 2.24) is 15.2 Å². The van der Waals surface area contributed by atoms with Crippen LogP contribution in [-0.2, 0) is 13.0 Å². The second kappa shape index (κ2) is 5.68. The van der Waals surface area contributed by atoms with E-state index in [9.17, 15) is 0 Å². The summed E-state index contributed by atoms with van der Waals surface area (Å²) in [5.74, 6) is 0. The molecule has 2 bridgehead atoms. The van der Waals surface area contributed by atoms with Gasteiger partial charge in [-0.15, -0.1) is 11.3 Å². The van der Waals surface area contributed by atoms with Gasteiger partial charge in [-0.25, -0.2) is 4.98 Å². The van der Waals surface area contributed by atoms with E-state index in [0.717, 1.165) is 25.0 Å². The SMILES string of the molecule is CCCc1csc(CN2CCC3CCC(C2)N3)n1. The maximum absolute atomic E-state index is 4.74. The molecule has 3 heterocycles. The Kier molecular flexibility index (Phi) is 3.97. The first-order valence-electron chi connectivity index (χ1n) is 7.25. The molecule has 18 heavy (non-hydrogen) atoms. The summed E-state index contributed by atoms with van der Waals surface area (Å²) >= 11 is 1.84. The molecule has 2 aliphatic heterocycles. The molecule has 0 aliphatic carbocycles. The molecule has 2 unspecified atom stereocenters. The van der Waals surface area contributed by atoms with Crippen LogP contribution >= 0.6 is 11.3 Å². The van der Waals surface area contributed by atoms with Crippen molar-refractivity contribution in [3.05, 3.63) is 16.1 Å². The van der Waals surface area contributed by atoms with Crippen molar-refractivity contribution < 1.29 is 0 Å². The zero-order chi connectivity index (χ0) is 12.4. The van der Waals surface area contributed by atoms with Crippen LogP contribution in [0.4, 0.5) is 0 Å². The lowest BCUT2D eigenvalue weighted by molar-refractivity contribution is 0.250. The number of likely N-dealkylation sites (tertiary alicyclic amines) is 1. The monoisotopic (exact) mass is 265 g/mol. The van der Waals surface area contributed by atoms with Crippen molar-refractivity contribution in [2.24, 2.45) is 0 Å². The van der Waals surface area contributed by atoms with Gasteiger partial charge in [-0.05, 0) is 25.7 Å². The van der Waals surface area contributed by atoms with E-state index >= 15 is 0 Å². The highest BCUT2D eigenvalue weighted by molar-refractivity contribution is 7.09. The molecule has 0 aromatic carbocycles. The van der Waals surface area contributed by atoms with Gasteiger partial charge in [0.2, 0.25) is 0 Å². The molecule has 0 saturated carbocycles. The second-order valence-corrected chi connectivity index (χ2v) is 6.59. The van der Waals surface area contributed by atoms with Crippen molar-refractivity contribution in [2.75, 3.05) is 13.1 Å². The average Bonchev–Trinajstić information content (AvgIpc) is 2.90. The van der Waals surface area contributed by atoms with Crippen LogP contribution in [0.3, 0.4) is 0 Å². The van der Waals surface area contributed by atoms with E-state index in [1.807, 2.05) is 11.3 Å². The van der Waals surface area contributed by atoms with Crippen LogP contribution in [0.25, 0.3) is 0 Å². The molecule has 2 fully saturated rings. The van der Waals surface area contributed by atoms with Crippen LogP contribution in [0.15, 0.2) is 5.38 Å². The largest absolute Gasteiger partial charge is 0.310 e. The Morgan fingerprint density at radius 2 is 2.28 bits per heavy atom. The molecular formula is C14H23N3S. The topological polar surface area (TPSA) is 28.2 Å². The van der Waals surface area contributed by atoms with E-state index in [0.29, 0.717) is 0 Å². The highest BCUT2D eigenvalue weighted by Crippen LogP contribution is 2.22. The van der Waals surface area contributed by atoms with Gasteiger partial charge in [0.05, 0.1) is 12.2 Å². The highest BCUT2D eigenvalue weighted by Gasteiger charge is 2.29. The number of hydrogen-bond acceptors (Lipinski definition) is 4. The summed E-state index contributed by atoms with van der Waals surface area (Å²) in [6.07, 6.45) is 6.38. The molecule has 2 aliphatic rings. The van der Waals surface area contributed by atoms with Crippen LogP contribution < -0.4 is 5.32 Å². The van der Waals surface area contributed by atoms with Gasteiger partial charge < -0.3 is 5.32 Å². The summed E-state index contributed by atoms with van der Waals surface area (Å²) < 4.78 is 0. The van der Waals surface area contributed by atoms with Gasteiger partial charge >= 0.3 is 0 Å². The average molecular weight is 265 g/mol. The molecule has 2 saturated heterocycles. The molecule has 4 heteroatoms. The number of nitrogens with zero attached hydrogens (tertiary/aromatic N) is 2. The first kappa shape index (κ1) is 12.6. The second-order valence-electron chi connectivity index (χ2n) is 5.64. The van der Waals surface area contributed by atoms with Gasteiger partial charge in [-0.3, -0.25) is 4.90 Å². The Bertz CT molecular complexity index is 390. The normalized spacial score (nSPS) is 28.5. The van der Waals surface area contributed by atoms with E-state index in [-0.39, 0.29) is 0 Å². The fourth-order valence-corrected chi connectivity index (χ4v) is 4.01. The molecular weight excluding hydrogens is 242 g/mol. The van der Waals surface area contributed by atoms with Crippen molar-refractivity contribution in [2.45, 2.75) is 57.7 Å². The molecule has 0 radical (unpaired) electrons. The van der Waals surface area contributed by atoms with Crippen molar-refractivity contribution in [3.63, 3.8) is 0 Å². The molecule has 100 valence electrons. The quantitative estimate of drug-likeness (QED) is 0.906. The molecule has 1 aromatic heterocycles. The molecule has 1 N–H and O–H groups in total. The van der Waals surface area contributed by atoms with E-state index in [1.165, 1.54) is 49.5 Å². The van der Waals surface area contributed by atoms with E-state index in [2.05, 4.69) is 22.5 Å². The highest BCUT2D eigenvalue weighted by atomic mass is 32.1. The summed E-state index contributed by atoms with van der Waals surface area (Å²) in [6, 6.07) is 1.51. The predicted octanol–water partition coefficient (Wildman–Crippen LogP) is 2.42. The Hall–Kier alpha value is -0.450. The van der Waals surface area contributed by atoms with Crippen LogP contribution in [0, 0.1) is 0 Å². The maximum Gasteiger partial charge on any atom is 0.107 e.